The zero-order valence-electron chi connectivity index (χ0n) is 18.3. The normalized spacial score (nSPS) is 15.6. The van der Waals surface area contributed by atoms with Gasteiger partial charge in [0, 0.05) is 0 Å². The number of hydrogen-bond acceptors (Lipinski definition) is 0. The van der Waals surface area contributed by atoms with Crippen LogP contribution in [0.15, 0.2) is 99.6 Å². The van der Waals surface area contributed by atoms with Crippen LogP contribution < -0.4 is 0 Å². The molecule has 0 saturated carbocycles. The van der Waals surface area contributed by atoms with Crippen molar-refractivity contribution in [2.24, 2.45) is 0 Å². The Hall–Kier alpha value is -0.911. The van der Waals surface area contributed by atoms with Crippen LogP contribution in [-0.4, -0.2) is 0 Å². The third kappa shape index (κ3) is 13.3. The second kappa shape index (κ2) is 15.0. The van der Waals surface area contributed by atoms with Crippen molar-refractivity contribution < 1.29 is 38.3 Å². The molecule has 0 aromatic carbocycles. The van der Waals surface area contributed by atoms with E-state index < -0.39 is 0 Å². The molecule has 0 aromatic rings. The van der Waals surface area contributed by atoms with Crippen molar-refractivity contribution in [3.63, 3.8) is 0 Å². The molecule has 2 aliphatic carbocycles. The SMILES string of the molecule is C1=CC=[C]([Ti][C]2=CC=CC2)CC=C1.CC(C)=CC(C)=[CH][Ti][CH]=C(C)C=C(C)C. The van der Waals surface area contributed by atoms with Gasteiger partial charge in [-0.05, 0) is 0 Å². The number of rotatable bonds is 6. The van der Waals surface area contributed by atoms with Crippen molar-refractivity contribution in [1.29, 1.82) is 0 Å². The summed E-state index contributed by atoms with van der Waals surface area (Å²) < 4.78 is 8.07. The fraction of sp³-hybridized carbons (Fsp3) is 0.308. The molecule has 0 fully saturated rings. The van der Waals surface area contributed by atoms with Gasteiger partial charge in [0.25, 0.3) is 0 Å². The van der Waals surface area contributed by atoms with Gasteiger partial charge in [-0.3, -0.25) is 0 Å². The van der Waals surface area contributed by atoms with Crippen LogP contribution in [0.1, 0.15) is 54.4 Å². The first kappa shape index (κ1) is 25.1. The summed E-state index contributed by atoms with van der Waals surface area (Å²) in [7, 11) is 0. The van der Waals surface area contributed by atoms with Crippen molar-refractivity contribution in [3.05, 3.63) is 99.6 Å². The summed E-state index contributed by atoms with van der Waals surface area (Å²) in [5.74, 6) is 0. The van der Waals surface area contributed by atoms with Crippen LogP contribution in [0, 0.1) is 0 Å². The fourth-order valence-corrected chi connectivity index (χ4v) is 5.82. The molecule has 2 heteroatoms. The average Bonchev–Trinajstić information content (AvgIpc) is 2.96. The third-order valence-corrected chi connectivity index (χ3v) is 7.84. The predicted molar refractivity (Wildman–Crippen MR) is 119 cm³/mol. The van der Waals surface area contributed by atoms with E-state index in [1.165, 1.54) is 28.7 Å². The quantitative estimate of drug-likeness (QED) is 0.288. The van der Waals surface area contributed by atoms with Gasteiger partial charge in [0.05, 0.1) is 0 Å². The minimum atomic E-state index is -0.0626. The molecule has 0 N–H and O–H groups in total. The maximum atomic E-state index is 2.38. The fourth-order valence-electron chi connectivity index (χ4n) is 2.71. The van der Waals surface area contributed by atoms with Crippen molar-refractivity contribution in [1.82, 2.24) is 0 Å². The molecule has 28 heavy (non-hydrogen) atoms. The van der Waals surface area contributed by atoms with Gasteiger partial charge in [0.15, 0.2) is 0 Å². The predicted octanol–water partition coefficient (Wildman–Crippen LogP) is 8.12. The molecule has 0 unspecified atom stereocenters. The average molecular weight is 442 g/mol. The summed E-state index contributed by atoms with van der Waals surface area (Å²) in [6.07, 6.45) is 24.5. The van der Waals surface area contributed by atoms with Gasteiger partial charge in [-0.15, -0.1) is 0 Å². The van der Waals surface area contributed by atoms with Crippen molar-refractivity contribution >= 4 is 0 Å². The van der Waals surface area contributed by atoms with Gasteiger partial charge in [-0.2, -0.15) is 0 Å². The van der Waals surface area contributed by atoms with Gasteiger partial charge < -0.3 is 0 Å². The van der Waals surface area contributed by atoms with E-state index in [9.17, 15) is 0 Å². The molecule has 0 aromatic heterocycles. The van der Waals surface area contributed by atoms with E-state index in [1.54, 1.807) is 7.76 Å². The first-order valence-corrected chi connectivity index (χ1v) is 13.3. The summed E-state index contributed by atoms with van der Waals surface area (Å²) in [4.78, 5) is 0. The Morgan fingerprint density at radius 3 is 1.68 bits per heavy atom. The molecule has 0 spiro atoms. The zero-order valence-corrected chi connectivity index (χ0v) is 21.5. The zero-order chi connectivity index (χ0) is 20.8. The second-order valence-electron chi connectivity index (χ2n) is 7.55. The molecule has 0 nitrogen and oxygen atoms in total. The van der Waals surface area contributed by atoms with Crippen LogP contribution in [0.5, 0.6) is 0 Å². The summed E-state index contributed by atoms with van der Waals surface area (Å²) in [6.45, 7) is 12.9. The Labute approximate surface area is 191 Å². The van der Waals surface area contributed by atoms with E-state index in [2.05, 4.69) is 111 Å². The van der Waals surface area contributed by atoms with E-state index in [-0.39, 0.29) is 38.3 Å². The van der Waals surface area contributed by atoms with Crippen molar-refractivity contribution in [3.8, 4) is 0 Å². The van der Waals surface area contributed by atoms with Crippen LogP contribution in [-0.2, 0) is 38.3 Å². The summed E-state index contributed by atoms with van der Waals surface area (Å²) in [6, 6.07) is 0. The Kier molecular flexibility index (Phi) is 13.5. The topological polar surface area (TPSA) is 0 Å². The number of allylic oxidation sites excluding steroid dienone is 16. The van der Waals surface area contributed by atoms with Crippen LogP contribution in [0.25, 0.3) is 0 Å². The van der Waals surface area contributed by atoms with Crippen molar-refractivity contribution in [2.45, 2.75) is 54.4 Å². The molecule has 0 amide bonds. The summed E-state index contributed by atoms with van der Waals surface area (Å²) >= 11 is -0.0593. The molecule has 0 bridgehead atoms. The van der Waals surface area contributed by atoms with Crippen molar-refractivity contribution in [2.75, 3.05) is 0 Å². The Balaban J connectivity index is 0.000000281. The Morgan fingerprint density at radius 1 is 0.679 bits per heavy atom. The molecule has 2 rings (SSSR count). The van der Waals surface area contributed by atoms with Gasteiger partial charge in [0.1, 0.15) is 0 Å². The first-order chi connectivity index (χ1) is 13.4. The van der Waals surface area contributed by atoms with Crippen LogP contribution in [0.4, 0.5) is 0 Å². The molecule has 0 radical (unpaired) electrons. The maximum absolute atomic E-state index is 2.38. The molecule has 0 saturated heterocycles. The van der Waals surface area contributed by atoms with E-state index in [1.807, 2.05) is 0 Å². The standard InChI is InChI=1S/C7H7.2C7H11.C5H5.2Ti/c1-2-4-6-7-5-3-1;2*1-6(2)5-7(3)4;1-2-4-5-3-1;;/h1-5H,6H2;2*1,5H,2-4H3;1-3H,4H2;;. The third-order valence-electron chi connectivity index (χ3n) is 3.74. The van der Waals surface area contributed by atoms with Crippen LogP contribution >= 0.6 is 0 Å². The Morgan fingerprint density at radius 2 is 1.18 bits per heavy atom. The second-order valence-corrected chi connectivity index (χ2v) is 11.4. The molecule has 0 atom stereocenters. The molecular formula is C26H34Ti2. The molecule has 2 aliphatic rings. The molecular weight excluding hydrogens is 408 g/mol. The summed E-state index contributed by atoms with van der Waals surface area (Å²) in [5.41, 5.74) is 5.55. The van der Waals surface area contributed by atoms with Gasteiger partial charge >= 0.3 is 192 Å². The van der Waals surface area contributed by atoms with Crippen LogP contribution in [0.3, 0.4) is 0 Å². The van der Waals surface area contributed by atoms with Crippen LogP contribution in [0.2, 0.25) is 0 Å². The molecule has 146 valence electrons. The van der Waals surface area contributed by atoms with E-state index in [4.69, 9.17) is 0 Å². The number of hydrogen-bond donors (Lipinski definition) is 0. The van der Waals surface area contributed by atoms with Gasteiger partial charge in [0.2, 0.25) is 0 Å². The molecule has 0 aliphatic heterocycles. The van der Waals surface area contributed by atoms with Gasteiger partial charge in [-0.1, -0.05) is 0 Å². The Bertz CT molecular complexity index is 735. The summed E-state index contributed by atoms with van der Waals surface area (Å²) in [5, 5.41) is 0. The monoisotopic (exact) mass is 442 g/mol. The first-order valence-electron chi connectivity index (χ1n) is 9.91. The van der Waals surface area contributed by atoms with E-state index >= 15 is 0 Å². The van der Waals surface area contributed by atoms with E-state index in [0.29, 0.717) is 0 Å². The minimum absolute atomic E-state index is 0.00333. The van der Waals surface area contributed by atoms with E-state index in [0.717, 1.165) is 6.42 Å². The van der Waals surface area contributed by atoms with Gasteiger partial charge in [-0.25, -0.2) is 0 Å². The molecule has 0 heterocycles.